The van der Waals surface area contributed by atoms with Crippen molar-refractivity contribution in [1.29, 1.82) is 0 Å². The third-order valence-corrected chi connectivity index (χ3v) is 6.37. The number of imide groups is 1. The summed E-state index contributed by atoms with van der Waals surface area (Å²) in [4.78, 5) is 29.4. The molecule has 1 heterocycles. The number of ether oxygens (including phenoxy) is 1. The molecule has 1 fully saturated rings. The molecule has 30 heavy (non-hydrogen) atoms. The molecule has 7 heteroatoms. The van der Waals surface area contributed by atoms with Crippen molar-refractivity contribution in [2.45, 2.75) is 37.3 Å². The molecule has 1 aliphatic carbocycles. The van der Waals surface area contributed by atoms with Gasteiger partial charge in [-0.1, -0.05) is 43.2 Å². The fraction of sp³-hybridized carbons (Fsp3) is 0.348. The summed E-state index contributed by atoms with van der Waals surface area (Å²) in [5.41, 5.74) is 2.75. The van der Waals surface area contributed by atoms with Crippen LogP contribution in [-0.2, 0) is 9.59 Å². The number of para-hydroxylation sites is 2. The van der Waals surface area contributed by atoms with E-state index in [0.717, 1.165) is 48.2 Å². The highest BCUT2D eigenvalue weighted by Crippen LogP contribution is 2.29. The number of rotatable bonds is 6. The van der Waals surface area contributed by atoms with Gasteiger partial charge in [0, 0.05) is 11.6 Å². The van der Waals surface area contributed by atoms with Gasteiger partial charge in [0.1, 0.15) is 5.75 Å². The molecule has 2 aromatic carbocycles. The zero-order valence-electron chi connectivity index (χ0n) is 17.0. The maximum absolute atomic E-state index is 12.4. The summed E-state index contributed by atoms with van der Waals surface area (Å²) in [6.45, 7) is 0. The fourth-order valence-corrected chi connectivity index (χ4v) is 4.68. The normalized spacial score (nSPS) is 14.6. The Morgan fingerprint density at radius 2 is 1.83 bits per heavy atom. The van der Waals surface area contributed by atoms with Gasteiger partial charge in [-0.2, -0.15) is 0 Å². The third-order valence-electron chi connectivity index (χ3n) is 5.43. The maximum Gasteiger partial charge on any atom is 0.237 e. The summed E-state index contributed by atoms with van der Waals surface area (Å²) in [6.07, 6.45) is 5.05. The van der Waals surface area contributed by atoms with Gasteiger partial charge in [0.05, 0.1) is 23.9 Å². The molecule has 1 aromatic heterocycles. The zero-order chi connectivity index (χ0) is 20.9. The van der Waals surface area contributed by atoms with Crippen LogP contribution in [0.1, 0.15) is 32.1 Å². The Morgan fingerprint density at radius 3 is 2.57 bits per heavy atom. The molecule has 0 aliphatic heterocycles. The molecular weight excluding hydrogens is 398 g/mol. The molecule has 1 N–H and O–H groups in total. The quantitative estimate of drug-likeness (QED) is 0.597. The van der Waals surface area contributed by atoms with E-state index in [1.165, 1.54) is 18.2 Å². The smallest absolute Gasteiger partial charge is 0.237 e. The first-order valence-electron chi connectivity index (χ1n) is 10.2. The van der Waals surface area contributed by atoms with E-state index in [1.54, 1.807) is 7.11 Å². The van der Waals surface area contributed by atoms with E-state index in [2.05, 4.69) is 5.32 Å². The second-order valence-electron chi connectivity index (χ2n) is 7.45. The maximum atomic E-state index is 12.4. The van der Waals surface area contributed by atoms with Crippen LogP contribution in [0.5, 0.6) is 5.75 Å². The van der Waals surface area contributed by atoms with Gasteiger partial charge < -0.3 is 4.74 Å². The second kappa shape index (κ2) is 9.34. The second-order valence-corrected chi connectivity index (χ2v) is 8.40. The van der Waals surface area contributed by atoms with Gasteiger partial charge in [0.2, 0.25) is 11.8 Å². The molecule has 1 aliphatic rings. The number of benzene rings is 2. The zero-order valence-corrected chi connectivity index (χ0v) is 17.8. The minimum Gasteiger partial charge on any atom is -0.497 e. The summed E-state index contributed by atoms with van der Waals surface area (Å²) >= 11 is 1.33. The van der Waals surface area contributed by atoms with E-state index in [9.17, 15) is 9.59 Å². The molecule has 0 unspecified atom stereocenters. The van der Waals surface area contributed by atoms with Crippen molar-refractivity contribution in [3.05, 3.63) is 48.5 Å². The van der Waals surface area contributed by atoms with Crippen molar-refractivity contribution in [2.24, 2.45) is 5.92 Å². The Morgan fingerprint density at radius 1 is 1.10 bits per heavy atom. The number of thioether (sulfide) groups is 1. The minimum atomic E-state index is -0.274. The van der Waals surface area contributed by atoms with Crippen molar-refractivity contribution >= 4 is 34.6 Å². The van der Waals surface area contributed by atoms with Crippen molar-refractivity contribution < 1.29 is 14.3 Å². The summed E-state index contributed by atoms with van der Waals surface area (Å²) in [6, 6.07) is 15.6. The molecule has 0 saturated heterocycles. The van der Waals surface area contributed by atoms with Gasteiger partial charge in [-0.05, 0) is 49.2 Å². The molecule has 0 atom stereocenters. The molecular formula is C23H25N3O3S. The van der Waals surface area contributed by atoms with E-state index in [4.69, 9.17) is 9.72 Å². The Labute approximate surface area is 180 Å². The molecule has 3 aromatic rings. The average Bonchev–Trinajstić information content (AvgIpc) is 3.16. The molecule has 0 bridgehead atoms. The highest BCUT2D eigenvalue weighted by atomic mass is 32.2. The number of carbonyl (C=O) groups is 2. The highest BCUT2D eigenvalue weighted by Gasteiger charge is 2.23. The van der Waals surface area contributed by atoms with Crippen LogP contribution in [0, 0.1) is 5.92 Å². The first-order chi connectivity index (χ1) is 14.7. The van der Waals surface area contributed by atoms with Gasteiger partial charge in [-0.3, -0.25) is 19.5 Å². The highest BCUT2D eigenvalue weighted by molar-refractivity contribution is 7.99. The van der Waals surface area contributed by atoms with Crippen molar-refractivity contribution in [3.8, 4) is 11.4 Å². The van der Waals surface area contributed by atoms with Gasteiger partial charge in [0.25, 0.3) is 0 Å². The topological polar surface area (TPSA) is 73.2 Å². The number of imidazole rings is 1. The Balaban J connectivity index is 1.50. The summed E-state index contributed by atoms with van der Waals surface area (Å²) in [5, 5.41) is 3.29. The van der Waals surface area contributed by atoms with Crippen LogP contribution in [0.4, 0.5) is 0 Å². The predicted molar refractivity (Wildman–Crippen MR) is 118 cm³/mol. The minimum absolute atomic E-state index is 0.0310. The van der Waals surface area contributed by atoms with Gasteiger partial charge in [-0.25, -0.2) is 4.98 Å². The van der Waals surface area contributed by atoms with Gasteiger partial charge in [-0.15, -0.1) is 0 Å². The van der Waals surface area contributed by atoms with Gasteiger partial charge in [0.15, 0.2) is 5.16 Å². The lowest BCUT2D eigenvalue weighted by Gasteiger charge is -2.20. The SMILES string of the molecule is COc1ccc(-n2c(SCC(=O)NC(=O)C3CCCCC3)nc3ccccc32)cc1. The first-order valence-corrected chi connectivity index (χ1v) is 11.2. The number of aromatic nitrogens is 2. The monoisotopic (exact) mass is 423 g/mol. The Kier molecular flexibility index (Phi) is 6.38. The standard InChI is InChI=1S/C23H25N3O3S/c1-29-18-13-11-17(12-14-18)26-20-10-6-5-9-19(20)24-23(26)30-15-21(27)25-22(28)16-7-3-2-4-8-16/h5-6,9-14,16H,2-4,7-8,15H2,1H3,(H,25,27,28). The number of nitrogens with zero attached hydrogens (tertiary/aromatic N) is 2. The van der Waals surface area contributed by atoms with Gasteiger partial charge >= 0.3 is 0 Å². The van der Waals surface area contributed by atoms with Crippen LogP contribution in [0.15, 0.2) is 53.7 Å². The lowest BCUT2D eigenvalue weighted by Crippen LogP contribution is -2.37. The lowest BCUT2D eigenvalue weighted by molar-refractivity contribution is -0.132. The Bertz CT molecular complexity index is 1040. The number of carbonyl (C=O) groups excluding carboxylic acids is 2. The van der Waals surface area contributed by atoms with E-state index in [-0.39, 0.29) is 23.5 Å². The number of methoxy groups -OCH3 is 1. The van der Waals surface area contributed by atoms with Crippen LogP contribution >= 0.6 is 11.8 Å². The number of nitrogens with one attached hydrogen (secondary N) is 1. The number of fused-ring (bicyclic) bond motifs is 1. The van der Waals surface area contributed by atoms with Crippen LogP contribution in [0.3, 0.4) is 0 Å². The van der Waals surface area contributed by atoms with Crippen LogP contribution < -0.4 is 10.1 Å². The number of hydrogen-bond donors (Lipinski definition) is 1. The number of amides is 2. The molecule has 0 spiro atoms. The summed E-state index contributed by atoms with van der Waals surface area (Å²) in [7, 11) is 1.64. The van der Waals surface area contributed by atoms with Crippen molar-refractivity contribution in [2.75, 3.05) is 12.9 Å². The number of hydrogen-bond acceptors (Lipinski definition) is 5. The van der Waals surface area contributed by atoms with E-state index < -0.39 is 0 Å². The third kappa shape index (κ3) is 4.51. The predicted octanol–water partition coefficient (Wildman–Crippen LogP) is 4.35. The first kappa shape index (κ1) is 20.5. The molecule has 6 nitrogen and oxygen atoms in total. The Hall–Kier alpha value is -2.80. The molecule has 4 rings (SSSR count). The summed E-state index contributed by atoms with van der Waals surface area (Å²) < 4.78 is 7.28. The van der Waals surface area contributed by atoms with Crippen LogP contribution in [-0.4, -0.2) is 34.2 Å². The lowest BCUT2D eigenvalue weighted by atomic mass is 9.89. The molecule has 0 radical (unpaired) electrons. The van der Waals surface area contributed by atoms with Crippen molar-refractivity contribution in [3.63, 3.8) is 0 Å². The van der Waals surface area contributed by atoms with Crippen LogP contribution in [0.25, 0.3) is 16.7 Å². The summed E-state index contributed by atoms with van der Waals surface area (Å²) in [5.74, 6) is 0.472. The van der Waals surface area contributed by atoms with E-state index >= 15 is 0 Å². The van der Waals surface area contributed by atoms with Crippen molar-refractivity contribution in [1.82, 2.24) is 14.9 Å². The molecule has 1 saturated carbocycles. The van der Waals surface area contributed by atoms with E-state index in [0.29, 0.717) is 5.16 Å². The fourth-order valence-electron chi connectivity index (χ4n) is 3.85. The molecule has 156 valence electrons. The average molecular weight is 424 g/mol. The largest absolute Gasteiger partial charge is 0.497 e. The van der Waals surface area contributed by atoms with E-state index in [1.807, 2.05) is 53.1 Å². The van der Waals surface area contributed by atoms with Crippen LogP contribution in [0.2, 0.25) is 0 Å². The molecule has 2 amide bonds.